The minimum absolute atomic E-state index is 0.276. The van der Waals surface area contributed by atoms with Gasteiger partial charge in [-0.05, 0) is 13.0 Å². The highest BCUT2D eigenvalue weighted by atomic mass is 16.5. The lowest BCUT2D eigenvalue weighted by Gasteiger charge is -2.30. The molecule has 2 heterocycles. The third kappa shape index (κ3) is 1.95. The predicted molar refractivity (Wildman–Crippen MR) is 49.7 cm³/mol. The number of nitrogens with zero attached hydrogens (tertiary/aromatic N) is 3. The van der Waals surface area contributed by atoms with Gasteiger partial charge < -0.3 is 9.64 Å². The Bertz CT molecular complexity index is 265. The minimum Gasteiger partial charge on any atom is -0.375 e. The van der Waals surface area contributed by atoms with Crippen LogP contribution in [0.1, 0.15) is 6.92 Å². The second kappa shape index (κ2) is 3.70. The summed E-state index contributed by atoms with van der Waals surface area (Å²) in [6, 6.07) is 1.83. The highest BCUT2D eigenvalue weighted by Crippen LogP contribution is 2.10. The first-order chi connectivity index (χ1) is 6.36. The van der Waals surface area contributed by atoms with E-state index in [-0.39, 0.29) is 6.10 Å². The molecule has 4 nitrogen and oxygen atoms in total. The second-order valence-corrected chi connectivity index (χ2v) is 3.18. The monoisotopic (exact) mass is 179 g/mol. The van der Waals surface area contributed by atoms with E-state index < -0.39 is 0 Å². The van der Waals surface area contributed by atoms with Gasteiger partial charge in [-0.1, -0.05) is 0 Å². The molecule has 0 bridgehead atoms. The molecule has 0 N–H and O–H groups in total. The summed E-state index contributed by atoms with van der Waals surface area (Å²) in [5.41, 5.74) is 0. The summed E-state index contributed by atoms with van der Waals surface area (Å²) in [6.07, 6.45) is 3.81. The maximum atomic E-state index is 5.43. The fraction of sp³-hybridized carbons (Fsp3) is 0.556. The minimum atomic E-state index is 0.276. The van der Waals surface area contributed by atoms with Crippen molar-refractivity contribution in [2.24, 2.45) is 0 Å². The zero-order valence-electron chi connectivity index (χ0n) is 7.68. The van der Waals surface area contributed by atoms with Crippen molar-refractivity contribution in [2.45, 2.75) is 13.0 Å². The maximum Gasteiger partial charge on any atom is 0.225 e. The van der Waals surface area contributed by atoms with E-state index in [4.69, 9.17) is 4.74 Å². The molecule has 1 atom stereocenters. The van der Waals surface area contributed by atoms with E-state index in [0.29, 0.717) is 0 Å². The first-order valence-corrected chi connectivity index (χ1v) is 4.50. The number of hydrogen-bond donors (Lipinski definition) is 0. The average Bonchev–Trinajstić information content (AvgIpc) is 2.19. The Kier molecular flexibility index (Phi) is 2.40. The quantitative estimate of drug-likeness (QED) is 0.636. The van der Waals surface area contributed by atoms with Gasteiger partial charge >= 0.3 is 0 Å². The van der Waals surface area contributed by atoms with Gasteiger partial charge in [-0.3, -0.25) is 0 Å². The fourth-order valence-electron chi connectivity index (χ4n) is 1.45. The van der Waals surface area contributed by atoms with Crippen LogP contribution < -0.4 is 4.90 Å². The number of morpholine rings is 1. The van der Waals surface area contributed by atoms with E-state index in [0.717, 1.165) is 25.6 Å². The van der Waals surface area contributed by atoms with Crippen molar-refractivity contribution in [1.29, 1.82) is 0 Å². The topological polar surface area (TPSA) is 38.2 Å². The largest absolute Gasteiger partial charge is 0.375 e. The van der Waals surface area contributed by atoms with Crippen molar-refractivity contribution < 1.29 is 4.74 Å². The molecule has 0 radical (unpaired) electrons. The van der Waals surface area contributed by atoms with E-state index in [9.17, 15) is 0 Å². The van der Waals surface area contributed by atoms with Crippen molar-refractivity contribution >= 4 is 5.95 Å². The molecule has 70 valence electrons. The van der Waals surface area contributed by atoms with Crippen LogP contribution in [0.5, 0.6) is 0 Å². The number of ether oxygens (including phenoxy) is 1. The molecule has 0 aliphatic carbocycles. The molecule has 0 spiro atoms. The Balaban J connectivity index is 2.08. The summed E-state index contributed by atoms with van der Waals surface area (Å²) in [5.74, 6) is 0.803. The summed E-state index contributed by atoms with van der Waals surface area (Å²) in [7, 11) is 0. The van der Waals surface area contributed by atoms with Crippen molar-refractivity contribution in [3.05, 3.63) is 18.5 Å². The second-order valence-electron chi connectivity index (χ2n) is 3.18. The van der Waals surface area contributed by atoms with Gasteiger partial charge in [0.15, 0.2) is 0 Å². The summed E-state index contributed by atoms with van der Waals surface area (Å²) >= 11 is 0. The number of anilines is 1. The third-order valence-corrected chi connectivity index (χ3v) is 2.08. The van der Waals surface area contributed by atoms with Gasteiger partial charge in [-0.15, -0.1) is 0 Å². The predicted octanol–water partition coefficient (Wildman–Crippen LogP) is 0.702. The van der Waals surface area contributed by atoms with Gasteiger partial charge in [0, 0.05) is 25.5 Å². The molecule has 1 fully saturated rings. The van der Waals surface area contributed by atoms with Crippen LogP contribution >= 0.6 is 0 Å². The molecule has 0 aromatic carbocycles. The molecule has 0 unspecified atom stereocenters. The van der Waals surface area contributed by atoms with Crippen LogP contribution in [0.25, 0.3) is 0 Å². The Labute approximate surface area is 77.6 Å². The Morgan fingerprint density at radius 1 is 1.46 bits per heavy atom. The van der Waals surface area contributed by atoms with E-state index in [1.54, 1.807) is 12.4 Å². The first-order valence-electron chi connectivity index (χ1n) is 4.50. The fourth-order valence-corrected chi connectivity index (χ4v) is 1.45. The zero-order chi connectivity index (χ0) is 9.10. The SMILES string of the molecule is C[C@H]1CN(c2ncccn2)CCO1. The van der Waals surface area contributed by atoms with Crippen molar-refractivity contribution in [3.63, 3.8) is 0 Å². The zero-order valence-corrected chi connectivity index (χ0v) is 7.68. The van der Waals surface area contributed by atoms with Gasteiger partial charge in [0.1, 0.15) is 0 Å². The number of hydrogen-bond acceptors (Lipinski definition) is 4. The molecule has 0 amide bonds. The standard InChI is InChI=1S/C9H13N3O/c1-8-7-12(5-6-13-8)9-10-3-2-4-11-9/h2-4,8H,5-7H2,1H3/t8-/m0/s1. The summed E-state index contributed by atoms with van der Waals surface area (Å²) in [6.45, 7) is 4.59. The highest BCUT2D eigenvalue weighted by Gasteiger charge is 2.18. The molecular formula is C9H13N3O. The third-order valence-electron chi connectivity index (χ3n) is 2.08. The summed E-state index contributed by atoms with van der Waals surface area (Å²) < 4.78 is 5.43. The van der Waals surface area contributed by atoms with E-state index in [1.807, 2.05) is 6.07 Å². The van der Waals surface area contributed by atoms with E-state index in [2.05, 4.69) is 21.8 Å². The van der Waals surface area contributed by atoms with Crippen molar-refractivity contribution in [1.82, 2.24) is 9.97 Å². The molecule has 4 heteroatoms. The van der Waals surface area contributed by atoms with Crippen LogP contribution in [0.4, 0.5) is 5.95 Å². The smallest absolute Gasteiger partial charge is 0.225 e. The van der Waals surface area contributed by atoms with E-state index >= 15 is 0 Å². The highest BCUT2D eigenvalue weighted by molar-refractivity contribution is 5.28. The van der Waals surface area contributed by atoms with Crippen LogP contribution in [0.2, 0.25) is 0 Å². The molecule has 1 aromatic heterocycles. The van der Waals surface area contributed by atoms with Crippen LogP contribution in [-0.2, 0) is 4.74 Å². The molecule has 13 heavy (non-hydrogen) atoms. The van der Waals surface area contributed by atoms with Crippen LogP contribution in [0.3, 0.4) is 0 Å². The van der Waals surface area contributed by atoms with Crippen LogP contribution in [0, 0.1) is 0 Å². The summed E-state index contributed by atoms with van der Waals surface area (Å²) in [5, 5.41) is 0. The van der Waals surface area contributed by atoms with Gasteiger partial charge in [0.05, 0.1) is 12.7 Å². The number of rotatable bonds is 1. The van der Waals surface area contributed by atoms with Crippen molar-refractivity contribution in [2.75, 3.05) is 24.6 Å². The van der Waals surface area contributed by atoms with Gasteiger partial charge in [-0.25, -0.2) is 9.97 Å². The van der Waals surface area contributed by atoms with Gasteiger partial charge in [0.25, 0.3) is 0 Å². The lowest BCUT2D eigenvalue weighted by atomic mass is 10.3. The summed E-state index contributed by atoms with van der Waals surface area (Å²) in [4.78, 5) is 10.5. The van der Waals surface area contributed by atoms with E-state index in [1.165, 1.54) is 0 Å². The Morgan fingerprint density at radius 3 is 2.92 bits per heavy atom. The molecule has 1 saturated heterocycles. The molecular weight excluding hydrogens is 166 g/mol. The maximum absolute atomic E-state index is 5.43. The lowest BCUT2D eigenvalue weighted by molar-refractivity contribution is 0.0526. The van der Waals surface area contributed by atoms with Crippen molar-refractivity contribution in [3.8, 4) is 0 Å². The average molecular weight is 179 g/mol. The lowest BCUT2D eigenvalue weighted by Crippen LogP contribution is -2.41. The first kappa shape index (κ1) is 8.44. The number of aromatic nitrogens is 2. The van der Waals surface area contributed by atoms with Gasteiger partial charge in [0.2, 0.25) is 5.95 Å². The van der Waals surface area contributed by atoms with Crippen LogP contribution in [-0.4, -0.2) is 35.8 Å². The van der Waals surface area contributed by atoms with Crippen LogP contribution in [0.15, 0.2) is 18.5 Å². The molecule has 2 rings (SSSR count). The molecule has 1 aliphatic heterocycles. The Hall–Kier alpha value is -1.16. The Morgan fingerprint density at radius 2 is 2.23 bits per heavy atom. The molecule has 0 saturated carbocycles. The molecule has 1 aliphatic rings. The molecule has 1 aromatic rings. The normalized spacial score (nSPS) is 23.2. The van der Waals surface area contributed by atoms with Gasteiger partial charge in [-0.2, -0.15) is 0 Å².